The number of hydrogen-bond donors (Lipinski definition) is 4. The number of aromatic nitrogens is 3. The number of phenolic OH excluding ortho intramolecular Hbond substituents is 2. The number of carbonyl (C=O) groups is 1. The highest BCUT2D eigenvalue weighted by molar-refractivity contribution is 5.77. The molecule has 33 heavy (non-hydrogen) atoms. The molecular formula is C24H22N4O5. The Hall–Kier alpha value is -4.40. The number of rotatable bonds is 7. The van der Waals surface area contributed by atoms with Crippen molar-refractivity contribution in [3.05, 3.63) is 94.2 Å². The van der Waals surface area contributed by atoms with E-state index in [1.165, 1.54) is 16.5 Å². The quantitative estimate of drug-likeness (QED) is 0.319. The third kappa shape index (κ3) is 4.77. The Morgan fingerprint density at radius 3 is 2.67 bits per heavy atom. The fourth-order valence-corrected chi connectivity index (χ4v) is 3.69. The van der Waals surface area contributed by atoms with Gasteiger partial charge in [-0.25, -0.2) is 0 Å². The van der Waals surface area contributed by atoms with Crippen molar-refractivity contribution in [3.8, 4) is 17.4 Å². The van der Waals surface area contributed by atoms with E-state index in [2.05, 4.69) is 15.3 Å². The van der Waals surface area contributed by atoms with Crippen molar-refractivity contribution in [2.24, 2.45) is 0 Å². The Morgan fingerprint density at radius 2 is 1.91 bits per heavy atom. The molecule has 0 spiro atoms. The minimum atomic E-state index is -0.756. The van der Waals surface area contributed by atoms with E-state index < -0.39 is 17.4 Å². The lowest BCUT2D eigenvalue weighted by molar-refractivity contribution is -0.121. The lowest BCUT2D eigenvalue weighted by Crippen LogP contribution is -2.30. The van der Waals surface area contributed by atoms with Crippen molar-refractivity contribution in [1.82, 2.24) is 19.7 Å². The summed E-state index contributed by atoms with van der Waals surface area (Å²) < 4.78 is 1.33. The zero-order valence-electron chi connectivity index (χ0n) is 17.5. The lowest BCUT2D eigenvalue weighted by Gasteiger charge is -2.18. The van der Waals surface area contributed by atoms with E-state index in [0.717, 1.165) is 5.56 Å². The van der Waals surface area contributed by atoms with Crippen LogP contribution in [-0.4, -0.2) is 42.1 Å². The normalized spacial score (nSPS) is 11.9. The second kappa shape index (κ2) is 9.39. The zero-order chi connectivity index (χ0) is 23.4. The largest absolute Gasteiger partial charge is 0.504 e. The molecule has 1 aromatic carbocycles. The van der Waals surface area contributed by atoms with Gasteiger partial charge < -0.3 is 20.6 Å². The number of nitrogens with one attached hydrogen (secondary N) is 1. The summed E-state index contributed by atoms with van der Waals surface area (Å²) in [5, 5.41) is 32.4. The number of pyridine rings is 2. The summed E-state index contributed by atoms with van der Waals surface area (Å²) in [6.07, 6.45) is 5.02. The van der Waals surface area contributed by atoms with Gasteiger partial charge in [0, 0.05) is 37.5 Å². The summed E-state index contributed by atoms with van der Waals surface area (Å²) in [7, 11) is 0. The van der Waals surface area contributed by atoms with Crippen LogP contribution in [0.15, 0.2) is 71.9 Å². The van der Waals surface area contributed by atoms with Gasteiger partial charge in [0.2, 0.25) is 11.8 Å². The molecule has 0 radical (unpaired) electrons. The smallest absolute Gasteiger partial charge is 0.265 e. The predicted molar refractivity (Wildman–Crippen MR) is 120 cm³/mol. The molecule has 3 heterocycles. The minimum absolute atomic E-state index is 0.0188. The third-order valence-electron chi connectivity index (χ3n) is 5.35. The molecule has 0 aliphatic heterocycles. The molecule has 0 saturated heterocycles. The molecule has 0 aliphatic carbocycles. The molecule has 4 rings (SSSR count). The predicted octanol–water partition coefficient (Wildman–Crippen LogP) is 2.09. The first kappa shape index (κ1) is 21.8. The van der Waals surface area contributed by atoms with Gasteiger partial charge in [-0.15, -0.1) is 0 Å². The average Bonchev–Trinajstić information content (AvgIpc) is 2.81. The fraction of sp³-hybridized carbons (Fsp3) is 0.167. The molecule has 9 nitrogen and oxygen atoms in total. The molecule has 3 aromatic heterocycles. The first-order chi connectivity index (χ1) is 15.9. The van der Waals surface area contributed by atoms with E-state index >= 15 is 0 Å². The highest BCUT2D eigenvalue weighted by atomic mass is 16.3. The number of phenols is 2. The van der Waals surface area contributed by atoms with Crippen LogP contribution in [-0.2, 0) is 11.2 Å². The van der Waals surface area contributed by atoms with Crippen LogP contribution >= 0.6 is 0 Å². The van der Waals surface area contributed by atoms with Gasteiger partial charge in [-0.3, -0.25) is 19.0 Å². The van der Waals surface area contributed by atoms with Crippen molar-refractivity contribution in [2.75, 3.05) is 6.54 Å². The molecule has 1 amide bonds. The van der Waals surface area contributed by atoms with Gasteiger partial charge in [0.05, 0.1) is 5.56 Å². The van der Waals surface area contributed by atoms with E-state index in [-0.39, 0.29) is 35.9 Å². The Bertz CT molecular complexity index is 1350. The maximum Gasteiger partial charge on any atom is 0.265 e. The summed E-state index contributed by atoms with van der Waals surface area (Å²) in [5.74, 6) is -1.95. The average molecular weight is 446 g/mol. The molecule has 0 unspecified atom stereocenters. The molecular weight excluding hydrogens is 424 g/mol. The third-order valence-corrected chi connectivity index (χ3v) is 5.35. The van der Waals surface area contributed by atoms with Gasteiger partial charge in [0.25, 0.3) is 5.56 Å². The van der Waals surface area contributed by atoms with Gasteiger partial charge in [0.1, 0.15) is 5.65 Å². The number of fused-ring (bicyclic) bond motifs is 1. The van der Waals surface area contributed by atoms with Crippen LogP contribution in [0.2, 0.25) is 0 Å². The molecule has 4 N–H and O–H groups in total. The molecule has 0 bridgehead atoms. The van der Waals surface area contributed by atoms with E-state index in [1.54, 1.807) is 55.0 Å². The Kier molecular flexibility index (Phi) is 6.21. The monoisotopic (exact) mass is 446 g/mol. The number of benzene rings is 1. The Balaban J connectivity index is 1.57. The van der Waals surface area contributed by atoms with Crippen LogP contribution < -0.4 is 10.9 Å². The second-order valence-corrected chi connectivity index (χ2v) is 7.55. The van der Waals surface area contributed by atoms with Crippen molar-refractivity contribution in [2.45, 2.75) is 18.8 Å². The maximum atomic E-state index is 13.2. The SMILES string of the molecule is O=C(C[C@@H](c1cccnc1)c1c(O)nc2ccccn2c1=O)NCCc1ccc(O)c(O)c1. The molecule has 0 aliphatic rings. The zero-order valence-corrected chi connectivity index (χ0v) is 17.5. The molecule has 4 aromatic rings. The van der Waals surface area contributed by atoms with Crippen LogP contribution in [0, 0.1) is 0 Å². The molecule has 9 heteroatoms. The van der Waals surface area contributed by atoms with Crippen LogP contribution in [0.4, 0.5) is 0 Å². The lowest BCUT2D eigenvalue weighted by atomic mass is 9.90. The summed E-state index contributed by atoms with van der Waals surface area (Å²) >= 11 is 0. The number of hydrogen-bond acceptors (Lipinski definition) is 7. The van der Waals surface area contributed by atoms with Gasteiger partial charge in [-0.2, -0.15) is 4.98 Å². The standard InChI is InChI=1S/C24H22N4O5/c29-18-7-6-15(12-19(18)30)8-10-26-21(31)13-17(16-4-3-9-25-14-16)22-23(32)27-20-5-1-2-11-28(20)24(22)33/h1-7,9,11-12,14,17,29-30,32H,8,10,13H2,(H,26,31)/t17-/m0/s1. The van der Waals surface area contributed by atoms with Crippen molar-refractivity contribution in [1.29, 1.82) is 0 Å². The summed E-state index contributed by atoms with van der Waals surface area (Å²) in [6.45, 7) is 0.281. The van der Waals surface area contributed by atoms with Gasteiger partial charge in [0.15, 0.2) is 11.5 Å². The molecule has 0 saturated carbocycles. The van der Waals surface area contributed by atoms with Crippen molar-refractivity contribution >= 4 is 11.6 Å². The molecule has 0 fully saturated rings. The van der Waals surface area contributed by atoms with Crippen LogP contribution in [0.1, 0.15) is 29.0 Å². The topological polar surface area (TPSA) is 137 Å². The van der Waals surface area contributed by atoms with Gasteiger partial charge >= 0.3 is 0 Å². The van der Waals surface area contributed by atoms with Crippen LogP contribution in [0.5, 0.6) is 17.4 Å². The van der Waals surface area contributed by atoms with Crippen molar-refractivity contribution < 1.29 is 20.1 Å². The minimum Gasteiger partial charge on any atom is -0.504 e. The summed E-state index contributed by atoms with van der Waals surface area (Å²) in [5.41, 5.74) is 1.20. The van der Waals surface area contributed by atoms with E-state index in [9.17, 15) is 24.9 Å². The van der Waals surface area contributed by atoms with E-state index in [1.807, 2.05) is 0 Å². The Morgan fingerprint density at radius 1 is 1.06 bits per heavy atom. The van der Waals surface area contributed by atoms with Crippen LogP contribution in [0.25, 0.3) is 5.65 Å². The number of carbonyl (C=O) groups excluding carboxylic acids is 1. The van der Waals surface area contributed by atoms with E-state index in [4.69, 9.17) is 0 Å². The van der Waals surface area contributed by atoms with Crippen LogP contribution in [0.3, 0.4) is 0 Å². The highest BCUT2D eigenvalue weighted by Gasteiger charge is 2.26. The van der Waals surface area contributed by atoms with Crippen molar-refractivity contribution in [3.63, 3.8) is 0 Å². The van der Waals surface area contributed by atoms with Gasteiger partial charge in [-0.1, -0.05) is 18.2 Å². The van der Waals surface area contributed by atoms with E-state index in [0.29, 0.717) is 17.6 Å². The molecule has 168 valence electrons. The Labute approximate surface area is 188 Å². The number of amides is 1. The summed E-state index contributed by atoms with van der Waals surface area (Å²) in [6, 6.07) is 12.9. The maximum absolute atomic E-state index is 13.2. The second-order valence-electron chi connectivity index (χ2n) is 7.55. The highest BCUT2D eigenvalue weighted by Crippen LogP contribution is 2.30. The van der Waals surface area contributed by atoms with Gasteiger partial charge in [-0.05, 0) is 47.9 Å². The first-order valence-corrected chi connectivity index (χ1v) is 10.3. The molecule has 1 atom stereocenters. The number of nitrogens with zero attached hydrogens (tertiary/aromatic N) is 3. The summed E-state index contributed by atoms with van der Waals surface area (Å²) in [4.78, 5) is 34.2. The number of aromatic hydroxyl groups is 3. The fourth-order valence-electron chi connectivity index (χ4n) is 3.69. The first-order valence-electron chi connectivity index (χ1n) is 10.3.